The van der Waals surface area contributed by atoms with E-state index >= 15 is 0 Å². The van der Waals surface area contributed by atoms with E-state index in [-0.39, 0.29) is 0 Å². The first kappa shape index (κ1) is 15.1. The third-order valence-corrected chi connectivity index (χ3v) is 2.80. The lowest BCUT2D eigenvalue weighted by Gasteiger charge is -2.12. The number of nitrogens with zero attached hydrogens (tertiary/aromatic N) is 2. The van der Waals surface area contributed by atoms with Crippen LogP contribution in [0.25, 0.3) is 0 Å². The summed E-state index contributed by atoms with van der Waals surface area (Å²) in [6.45, 7) is 4.09. The summed E-state index contributed by atoms with van der Waals surface area (Å²) in [4.78, 5) is 0. The predicted octanol–water partition coefficient (Wildman–Crippen LogP) is 4.80. The zero-order valence-corrected chi connectivity index (χ0v) is 12.9. The van der Waals surface area contributed by atoms with Crippen LogP contribution in [0.5, 0.6) is 0 Å². The van der Waals surface area contributed by atoms with E-state index in [1.165, 1.54) is 0 Å². The zero-order chi connectivity index (χ0) is 15.1. The lowest BCUT2D eigenvalue weighted by molar-refractivity contribution is 0.739. The van der Waals surface area contributed by atoms with Gasteiger partial charge < -0.3 is 10.6 Å². The Kier molecular flexibility index (Phi) is 5.40. The second kappa shape index (κ2) is 7.50. The van der Waals surface area contributed by atoms with Crippen LogP contribution in [0, 0.1) is 0 Å². The van der Waals surface area contributed by atoms with Gasteiger partial charge in [-0.05, 0) is 62.5 Å². The molecule has 0 bridgehead atoms. The van der Waals surface area contributed by atoms with Crippen LogP contribution in [0.1, 0.15) is 13.8 Å². The van der Waals surface area contributed by atoms with Crippen molar-refractivity contribution in [1.29, 1.82) is 0 Å². The van der Waals surface area contributed by atoms with Crippen molar-refractivity contribution in [2.45, 2.75) is 19.9 Å². The average Bonchev–Trinajstić information content (AvgIpc) is 2.47. The summed E-state index contributed by atoms with van der Waals surface area (Å²) in [6.07, 6.45) is 0. The number of hydrogen-bond acceptors (Lipinski definition) is 3. The fraction of sp³-hybridized carbons (Fsp3) is 0.188. The molecule has 0 atom stereocenters. The van der Waals surface area contributed by atoms with Crippen molar-refractivity contribution in [3.63, 3.8) is 0 Å². The van der Waals surface area contributed by atoms with Crippen molar-refractivity contribution in [2.24, 2.45) is 10.2 Å². The molecule has 108 valence electrons. The van der Waals surface area contributed by atoms with Crippen molar-refractivity contribution in [2.75, 3.05) is 5.32 Å². The standard InChI is InChI=1S/C16H18N4S/c1-12(2)17-16(21)18-13-8-10-15(11-9-13)20-19-14-6-4-3-5-7-14/h3-12H,1-2H3,(H2,17,18,21). The van der Waals surface area contributed by atoms with Crippen LogP contribution in [-0.4, -0.2) is 11.2 Å². The molecule has 0 unspecified atom stereocenters. The second-order valence-electron chi connectivity index (χ2n) is 4.84. The number of nitrogens with one attached hydrogen (secondary N) is 2. The Balaban J connectivity index is 1.96. The van der Waals surface area contributed by atoms with Gasteiger partial charge in [0.2, 0.25) is 0 Å². The number of thiocarbonyl (C=S) groups is 1. The molecule has 0 saturated carbocycles. The zero-order valence-electron chi connectivity index (χ0n) is 12.1. The van der Waals surface area contributed by atoms with Crippen molar-refractivity contribution >= 4 is 34.4 Å². The van der Waals surface area contributed by atoms with E-state index in [4.69, 9.17) is 12.2 Å². The quantitative estimate of drug-likeness (QED) is 0.630. The maximum atomic E-state index is 5.20. The lowest BCUT2D eigenvalue weighted by Crippen LogP contribution is -2.33. The second-order valence-corrected chi connectivity index (χ2v) is 5.24. The highest BCUT2D eigenvalue weighted by Crippen LogP contribution is 2.19. The number of hydrogen-bond donors (Lipinski definition) is 2. The molecule has 0 fully saturated rings. The minimum absolute atomic E-state index is 0.309. The molecule has 2 N–H and O–H groups in total. The number of benzene rings is 2. The van der Waals surface area contributed by atoms with Gasteiger partial charge in [0.05, 0.1) is 11.4 Å². The smallest absolute Gasteiger partial charge is 0.170 e. The van der Waals surface area contributed by atoms with Crippen LogP contribution < -0.4 is 10.6 Å². The Morgan fingerprint density at radius 2 is 1.48 bits per heavy atom. The van der Waals surface area contributed by atoms with Gasteiger partial charge in [0.1, 0.15) is 0 Å². The van der Waals surface area contributed by atoms with E-state index in [9.17, 15) is 0 Å². The number of anilines is 1. The summed E-state index contributed by atoms with van der Waals surface area (Å²) in [5.74, 6) is 0. The topological polar surface area (TPSA) is 48.8 Å². The first-order chi connectivity index (χ1) is 10.1. The fourth-order valence-corrected chi connectivity index (χ4v) is 2.00. The number of azo groups is 1. The molecule has 0 spiro atoms. The Labute approximate surface area is 130 Å². The summed E-state index contributed by atoms with van der Waals surface area (Å²) < 4.78 is 0. The van der Waals surface area contributed by atoms with Crippen LogP contribution in [0.3, 0.4) is 0 Å². The average molecular weight is 298 g/mol. The van der Waals surface area contributed by atoms with Crippen LogP contribution in [0.2, 0.25) is 0 Å². The highest BCUT2D eigenvalue weighted by atomic mass is 32.1. The third kappa shape index (κ3) is 5.31. The van der Waals surface area contributed by atoms with Gasteiger partial charge in [-0.2, -0.15) is 10.2 Å². The Morgan fingerprint density at radius 3 is 2.05 bits per heavy atom. The van der Waals surface area contributed by atoms with Gasteiger partial charge in [-0.3, -0.25) is 0 Å². The molecule has 0 aromatic heterocycles. The van der Waals surface area contributed by atoms with Crippen LogP contribution in [-0.2, 0) is 0 Å². The minimum Gasteiger partial charge on any atom is -0.360 e. The summed E-state index contributed by atoms with van der Waals surface area (Å²) >= 11 is 5.20. The largest absolute Gasteiger partial charge is 0.360 e. The third-order valence-electron chi connectivity index (χ3n) is 2.58. The normalized spacial score (nSPS) is 10.8. The van der Waals surface area contributed by atoms with E-state index in [0.717, 1.165) is 17.1 Å². The first-order valence-corrected chi connectivity index (χ1v) is 7.19. The summed E-state index contributed by atoms with van der Waals surface area (Å²) in [5, 5.41) is 15.2. The van der Waals surface area contributed by atoms with E-state index < -0.39 is 0 Å². The Hall–Kier alpha value is -2.27. The van der Waals surface area contributed by atoms with Crippen LogP contribution >= 0.6 is 12.2 Å². The molecule has 0 amide bonds. The van der Waals surface area contributed by atoms with Gasteiger partial charge in [-0.1, -0.05) is 18.2 Å². The highest BCUT2D eigenvalue weighted by molar-refractivity contribution is 7.80. The van der Waals surface area contributed by atoms with Gasteiger partial charge >= 0.3 is 0 Å². The van der Waals surface area contributed by atoms with Gasteiger partial charge in [0.25, 0.3) is 0 Å². The van der Waals surface area contributed by atoms with Gasteiger partial charge in [-0.15, -0.1) is 0 Å². The maximum Gasteiger partial charge on any atom is 0.170 e. The van der Waals surface area contributed by atoms with E-state index in [1.54, 1.807) is 0 Å². The van der Waals surface area contributed by atoms with Crippen molar-refractivity contribution < 1.29 is 0 Å². The molecule has 0 radical (unpaired) electrons. The molecule has 21 heavy (non-hydrogen) atoms. The minimum atomic E-state index is 0.309. The monoisotopic (exact) mass is 298 g/mol. The number of rotatable bonds is 4. The van der Waals surface area contributed by atoms with Crippen molar-refractivity contribution in [3.8, 4) is 0 Å². The molecule has 2 aromatic carbocycles. The lowest BCUT2D eigenvalue weighted by atomic mass is 10.3. The van der Waals surface area contributed by atoms with Gasteiger partial charge in [-0.25, -0.2) is 0 Å². The molecule has 0 aliphatic rings. The van der Waals surface area contributed by atoms with Crippen molar-refractivity contribution in [1.82, 2.24) is 5.32 Å². The van der Waals surface area contributed by atoms with Gasteiger partial charge in [0, 0.05) is 11.7 Å². The van der Waals surface area contributed by atoms with Crippen LogP contribution in [0.4, 0.5) is 17.1 Å². The molecule has 0 aliphatic carbocycles. The molecule has 0 heterocycles. The first-order valence-electron chi connectivity index (χ1n) is 6.78. The summed E-state index contributed by atoms with van der Waals surface area (Å²) in [7, 11) is 0. The van der Waals surface area contributed by atoms with E-state index in [0.29, 0.717) is 11.2 Å². The van der Waals surface area contributed by atoms with E-state index in [1.807, 2.05) is 68.4 Å². The molecular formula is C16H18N4S. The molecule has 2 aromatic rings. The molecule has 0 aliphatic heterocycles. The molecule has 4 nitrogen and oxygen atoms in total. The Morgan fingerprint density at radius 1 is 0.905 bits per heavy atom. The van der Waals surface area contributed by atoms with Gasteiger partial charge in [0.15, 0.2) is 5.11 Å². The van der Waals surface area contributed by atoms with E-state index in [2.05, 4.69) is 20.9 Å². The summed E-state index contributed by atoms with van der Waals surface area (Å²) in [6, 6.07) is 17.6. The van der Waals surface area contributed by atoms with Crippen molar-refractivity contribution in [3.05, 3.63) is 54.6 Å². The van der Waals surface area contributed by atoms with Crippen LogP contribution in [0.15, 0.2) is 64.8 Å². The SMILES string of the molecule is CC(C)NC(=S)Nc1ccc(N=Nc2ccccc2)cc1. The maximum absolute atomic E-state index is 5.20. The molecule has 2 rings (SSSR count). The fourth-order valence-electron chi connectivity index (χ4n) is 1.65. The summed E-state index contributed by atoms with van der Waals surface area (Å²) in [5.41, 5.74) is 2.56. The Bertz CT molecular complexity index is 606. The highest BCUT2D eigenvalue weighted by Gasteiger charge is 1.99. The molecule has 5 heteroatoms. The molecular weight excluding hydrogens is 280 g/mol. The molecule has 0 saturated heterocycles. The predicted molar refractivity (Wildman–Crippen MR) is 91.6 cm³/mol.